The number of anilines is 3. The van der Waals surface area contributed by atoms with Crippen molar-refractivity contribution in [3.63, 3.8) is 0 Å². The van der Waals surface area contributed by atoms with Crippen LogP contribution < -0.4 is 9.64 Å². The van der Waals surface area contributed by atoms with Crippen LogP contribution in [0.3, 0.4) is 0 Å². The Morgan fingerprint density at radius 1 is 0.360 bits per heavy atom. The second-order valence-corrected chi connectivity index (χ2v) is 20.4. The summed E-state index contributed by atoms with van der Waals surface area (Å²) in [6.07, 6.45) is 1.10. The van der Waals surface area contributed by atoms with Crippen molar-refractivity contribution in [1.29, 1.82) is 0 Å². The molecule has 0 saturated carbocycles. The number of nitrogens with zero attached hydrogens (tertiary/aromatic N) is 1. The lowest BCUT2D eigenvalue weighted by Crippen LogP contribution is -2.29. The maximum absolute atomic E-state index is 6.56. The van der Waals surface area contributed by atoms with Gasteiger partial charge in [0.25, 0.3) is 0 Å². The Morgan fingerprint density at radius 2 is 0.747 bits per heavy atom. The van der Waals surface area contributed by atoms with Gasteiger partial charge in [-0.3, -0.25) is 0 Å². The standard InChI is InChI=1S/C73H57NO/c1-4-51(3)52-32-42-62(43-33-52)75-63-44-36-58(37-45-63)73(57-34-28-50(2)29-35-57)69-27-17-15-25-65(69)67-47-41-61(49-71(67)73)74(59-38-30-54(31-39-59)53-18-8-5-9-19-53)60-40-46-66-64-24-14-16-26-68(64)72(70(66)48-60,55-20-10-6-11-21-55)56-22-12-7-13-23-56/h5-49,51H,4H2,1-3H3. The molecule has 0 aliphatic heterocycles. The van der Waals surface area contributed by atoms with Crippen LogP contribution in [0.5, 0.6) is 11.5 Å². The molecule has 0 heterocycles. The molecule has 2 nitrogen and oxygen atoms in total. The summed E-state index contributed by atoms with van der Waals surface area (Å²) in [6.45, 7) is 6.68. The Morgan fingerprint density at radius 3 is 1.24 bits per heavy atom. The molecule has 2 heteroatoms. The fourth-order valence-electron chi connectivity index (χ4n) is 12.5. The summed E-state index contributed by atoms with van der Waals surface area (Å²) in [6, 6.07) is 101. The molecule has 11 aromatic rings. The zero-order valence-electron chi connectivity index (χ0n) is 42.6. The lowest BCUT2D eigenvalue weighted by atomic mass is 9.67. The highest BCUT2D eigenvalue weighted by Gasteiger charge is 2.48. The molecule has 0 spiro atoms. The third-order valence-electron chi connectivity index (χ3n) is 16.3. The summed E-state index contributed by atoms with van der Waals surface area (Å²) in [5.74, 6) is 2.15. The molecular weight excluding hydrogens is 907 g/mol. The van der Waals surface area contributed by atoms with Crippen molar-refractivity contribution < 1.29 is 4.74 Å². The smallest absolute Gasteiger partial charge is 0.127 e. The minimum atomic E-state index is -0.649. The summed E-state index contributed by atoms with van der Waals surface area (Å²) in [7, 11) is 0. The van der Waals surface area contributed by atoms with Gasteiger partial charge in [0.15, 0.2) is 0 Å². The van der Waals surface area contributed by atoms with Crippen LogP contribution in [0.1, 0.15) is 81.8 Å². The fourth-order valence-corrected chi connectivity index (χ4v) is 12.5. The van der Waals surface area contributed by atoms with E-state index in [1.54, 1.807) is 0 Å². The molecular formula is C73H57NO. The van der Waals surface area contributed by atoms with Gasteiger partial charge in [0, 0.05) is 17.1 Å². The van der Waals surface area contributed by atoms with E-state index in [4.69, 9.17) is 4.74 Å². The topological polar surface area (TPSA) is 12.5 Å². The monoisotopic (exact) mass is 963 g/mol. The zero-order valence-corrected chi connectivity index (χ0v) is 42.6. The number of hydrogen-bond donors (Lipinski definition) is 0. The fraction of sp³-hybridized carbons (Fsp3) is 0.0959. The number of rotatable bonds is 12. The molecule has 360 valence electrons. The number of ether oxygens (including phenoxy) is 1. The van der Waals surface area contributed by atoms with Gasteiger partial charge in [-0.05, 0) is 163 Å². The van der Waals surface area contributed by atoms with E-state index in [0.717, 1.165) is 35.0 Å². The average molecular weight is 964 g/mol. The highest BCUT2D eigenvalue weighted by molar-refractivity contribution is 5.92. The SMILES string of the molecule is CCC(C)c1ccc(Oc2ccc(C3(c4ccc(C)cc4)c4ccccc4-c4ccc(N(c5ccc(-c6ccccc6)cc5)c5ccc6c(c5)C(c5ccccc5)(c5ccccc5)c5ccccc5-6)cc43)cc2)cc1. The predicted octanol–water partition coefficient (Wildman–Crippen LogP) is 19.2. The van der Waals surface area contributed by atoms with Crippen molar-refractivity contribution in [2.45, 2.75) is 43.9 Å². The number of hydrogen-bond acceptors (Lipinski definition) is 2. The first-order chi connectivity index (χ1) is 36.9. The Balaban J connectivity index is 1.02. The van der Waals surface area contributed by atoms with Crippen LogP contribution in [0.15, 0.2) is 273 Å². The summed E-state index contributed by atoms with van der Waals surface area (Å²) in [4.78, 5) is 2.48. The van der Waals surface area contributed by atoms with E-state index in [0.29, 0.717) is 5.92 Å². The molecule has 2 aliphatic rings. The van der Waals surface area contributed by atoms with E-state index in [1.165, 1.54) is 89.0 Å². The summed E-state index contributed by atoms with van der Waals surface area (Å²) >= 11 is 0. The molecule has 2 unspecified atom stereocenters. The molecule has 13 rings (SSSR count). The van der Waals surface area contributed by atoms with Gasteiger partial charge in [-0.15, -0.1) is 0 Å². The summed E-state index contributed by atoms with van der Waals surface area (Å²) < 4.78 is 6.56. The van der Waals surface area contributed by atoms with Gasteiger partial charge in [-0.25, -0.2) is 0 Å². The summed E-state index contributed by atoms with van der Waals surface area (Å²) in [5, 5.41) is 0. The molecule has 0 N–H and O–H groups in total. The lowest BCUT2D eigenvalue weighted by Gasteiger charge is -2.36. The molecule has 2 atom stereocenters. The number of aryl methyl sites for hydroxylation is 1. The van der Waals surface area contributed by atoms with Gasteiger partial charge in [-0.1, -0.05) is 232 Å². The molecule has 0 aromatic heterocycles. The minimum absolute atomic E-state index is 0.506. The van der Waals surface area contributed by atoms with Crippen LogP contribution in [0, 0.1) is 6.92 Å². The number of fused-ring (bicyclic) bond motifs is 6. The molecule has 0 fully saturated rings. The Labute approximate surface area is 441 Å². The molecule has 0 radical (unpaired) electrons. The Kier molecular flexibility index (Phi) is 11.5. The molecule has 2 aliphatic carbocycles. The van der Waals surface area contributed by atoms with Crippen LogP contribution in [0.2, 0.25) is 0 Å². The molecule has 0 bridgehead atoms. The first-order valence-electron chi connectivity index (χ1n) is 26.5. The van der Waals surface area contributed by atoms with E-state index < -0.39 is 10.8 Å². The van der Waals surface area contributed by atoms with Crippen molar-refractivity contribution in [1.82, 2.24) is 0 Å². The minimum Gasteiger partial charge on any atom is -0.457 e. The third kappa shape index (κ3) is 7.54. The maximum Gasteiger partial charge on any atom is 0.127 e. The van der Waals surface area contributed by atoms with Gasteiger partial charge in [0.1, 0.15) is 11.5 Å². The van der Waals surface area contributed by atoms with Crippen LogP contribution in [-0.4, -0.2) is 0 Å². The Bertz CT molecular complexity index is 3790. The first-order valence-corrected chi connectivity index (χ1v) is 26.5. The van der Waals surface area contributed by atoms with E-state index >= 15 is 0 Å². The predicted molar refractivity (Wildman–Crippen MR) is 311 cm³/mol. The molecule has 11 aromatic carbocycles. The van der Waals surface area contributed by atoms with Crippen LogP contribution >= 0.6 is 0 Å². The molecule has 0 amide bonds. The van der Waals surface area contributed by atoms with Crippen LogP contribution in [0.25, 0.3) is 33.4 Å². The van der Waals surface area contributed by atoms with Crippen molar-refractivity contribution >= 4 is 17.1 Å². The zero-order chi connectivity index (χ0) is 50.5. The quantitative estimate of drug-likeness (QED) is 0.121. The van der Waals surface area contributed by atoms with Gasteiger partial charge in [0.05, 0.1) is 10.8 Å². The summed E-state index contributed by atoms with van der Waals surface area (Å²) in [5.41, 5.74) is 21.9. The van der Waals surface area contributed by atoms with Gasteiger partial charge >= 0.3 is 0 Å². The van der Waals surface area contributed by atoms with E-state index in [2.05, 4.69) is 299 Å². The highest BCUT2D eigenvalue weighted by Crippen LogP contribution is 2.60. The van der Waals surface area contributed by atoms with E-state index in [1.807, 2.05) is 0 Å². The highest BCUT2D eigenvalue weighted by atomic mass is 16.5. The number of benzene rings is 11. The van der Waals surface area contributed by atoms with Crippen molar-refractivity contribution in [2.24, 2.45) is 0 Å². The van der Waals surface area contributed by atoms with Gasteiger partial charge < -0.3 is 9.64 Å². The lowest BCUT2D eigenvalue weighted by molar-refractivity contribution is 0.481. The second kappa shape index (κ2) is 18.8. The maximum atomic E-state index is 6.56. The van der Waals surface area contributed by atoms with Crippen LogP contribution in [0.4, 0.5) is 17.1 Å². The normalized spacial score (nSPS) is 15.0. The van der Waals surface area contributed by atoms with Crippen molar-refractivity contribution in [3.8, 4) is 44.9 Å². The van der Waals surface area contributed by atoms with Crippen molar-refractivity contribution in [3.05, 3.63) is 329 Å². The largest absolute Gasteiger partial charge is 0.457 e. The van der Waals surface area contributed by atoms with E-state index in [9.17, 15) is 0 Å². The van der Waals surface area contributed by atoms with Crippen molar-refractivity contribution in [2.75, 3.05) is 4.90 Å². The van der Waals surface area contributed by atoms with Crippen LogP contribution in [-0.2, 0) is 10.8 Å². The van der Waals surface area contributed by atoms with Gasteiger partial charge in [0.2, 0.25) is 0 Å². The van der Waals surface area contributed by atoms with Gasteiger partial charge in [-0.2, -0.15) is 0 Å². The molecule has 0 saturated heterocycles. The van der Waals surface area contributed by atoms with E-state index in [-0.39, 0.29) is 0 Å². The first kappa shape index (κ1) is 45.9. The Hall–Kier alpha value is -8.98. The second-order valence-electron chi connectivity index (χ2n) is 20.4. The third-order valence-corrected chi connectivity index (χ3v) is 16.3. The molecule has 75 heavy (non-hydrogen) atoms. The average Bonchev–Trinajstić information content (AvgIpc) is 3.94.